The van der Waals surface area contributed by atoms with Crippen LogP contribution in [0.2, 0.25) is 10.0 Å². The zero-order valence-electron chi connectivity index (χ0n) is 29.8. The van der Waals surface area contributed by atoms with Gasteiger partial charge in [-0.3, -0.25) is 5.32 Å². The minimum absolute atomic E-state index is 0.273. The van der Waals surface area contributed by atoms with E-state index in [0.29, 0.717) is 55.0 Å². The molecule has 53 heavy (non-hydrogen) atoms. The molecule has 0 fully saturated rings. The van der Waals surface area contributed by atoms with E-state index >= 15 is 0 Å². The van der Waals surface area contributed by atoms with Crippen LogP contribution in [0.4, 0.5) is 0 Å². The monoisotopic (exact) mass is 755 g/mol. The summed E-state index contributed by atoms with van der Waals surface area (Å²) in [6.07, 6.45) is 3.47. The van der Waals surface area contributed by atoms with Crippen LogP contribution in [-0.4, -0.2) is 48.8 Å². The first-order chi connectivity index (χ1) is 25.9. The Balaban J connectivity index is 1.08. The van der Waals surface area contributed by atoms with E-state index in [1.165, 1.54) is 0 Å². The molecule has 0 heterocycles. The molecule has 0 aliphatic carbocycles. The van der Waals surface area contributed by atoms with Crippen molar-refractivity contribution in [3.05, 3.63) is 171 Å². The summed E-state index contributed by atoms with van der Waals surface area (Å²) in [5.41, 5.74) is 3.11. The molecule has 1 unspecified atom stereocenters. The third kappa shape index (κ3) is 11.0. The highest BCUT2D eigenvalue weighted by Gasteiger charge is 2.45. The van der Waals surface area contributed by atoms with Gasteiger partial charge in [-0.15, -0.1) is 0 Å². The fourth-order valence-electron chi connectivity index (χ4n) is 6.39. The third-order valence-electron chi connectivity index (χ3n) is 9.13. The molecular formula is C44H47Cl2NO6. The van der Waals surface area contributed by atoms with Gasteiger partial charge in [0.2, 0.25) is 0 Å². The van der Waals surface area contributed by atoms with Gasteiger partial charge < -0.3 is 24.4 Å². The van der Waals surface area contributed by atoms with E-state index in [4.69, 9.17) is 37.4 Å². The van der Waals surface area contributed by atoms with Crippen LogP contribution in [0.1, 0.15) is 59.1 Å². The quantitative estimate of drug-likeness (QED) is 0.0227. The highest BCUT2D eigenvalue weighted by Crippen LogP contribution is 2.41. The number of ether oxygens (including phenoxy) is 3. The Bertz CT molecular complexity index is 1720. The summed E-state index contributed by atoms with van der Waals surface area (Å²) < 4.78 is 17.5. The molecule has 0 aromatic heterocycles. The van der Waals surface area contributed by atoms with Crippen LogP contribution in [0.25, 0.3) is 0 Å². The minimum atomic E-state index is -1.26. The molecule has 9 heteroatoms. The second-order valence-corrected chi connectivity index (χ2v) is 13.6. The van der Waals surface area contributed by atoms with Crippen LogP contribution in [0.3, 0.4) is 0 Å². The Morgan fingerprint density at radius 3 is 1.83 bits per heavy atom. The number of unbranched alkanes of at least 4 members (excludes halogenated alkanes) is 3. The van der Waals surface area contributed by atoms with Gasteiger partial charge in [0.25, 0.3) is 0 Å². The van der Waals surface area contributed by atoms with E-state index in [1.54, 1.807) is 30.3 Å². The number of nitrogens with one attached hydrogen (secondary N) is 1. The van der Waals surface area contributed by atoms with Crippen LogP contribution in [0, 0.1) is 0 Å². The normalized spacial score (nSPS) is 12.1. The molecule has 5 aromatic rings. The Hall–Kier alpha value is -4.05. The lowest BCUT2D eigenvalue weighted by molar-refractivity contribution is -0.138. The van der Waals surface area contributed by atoms with Gasteiger partial charge in [-0.05, 0) is 65.9 Å². The summed E-state index contributed by atoms with van der Waals surface area (Å²) in [4.78, 5) is 14.5. The van der Waals surface area contributed by atoms with E-state index in [2.05, 4.69) is 5.32 Å². The molecule has 0 spiro atoms. The number of aliphatic hydroxyl groups excluding tert-OH is 2. The van der Waals surface area contributed by atoms with Gasteiger partial charge in [0.05, 0.1) is 26.4 Å². The predicted molar refractivity (Wildman–Crippen MR) is 210 cm³/mol. The first-order valence-electron chi connectivity index (χ1n) is 18.0. The highest BCUT2D eigenvalue weighted by atomic mass is 35.5. The molecular weight excluding hydrogens is 709 g/mol. The van der Waals surface area contributed by atoms with Crippen molar-refractivity contribution in [1.82, 2.24) is 5.32 Å². The van der Waals surface area contributed by atoms with E-state index in [-0.39, 0.29) is 12.4 Å². The summed E-state index contributed by atoms with van der Waals surface area (Å²) in [5, 5.41) is 25.4. The van der Waals surface area contributed by atoms with Crippen molar-refractivity contribution in [2.75, 3.05) is 26.4 Å². The number of rotatable bonds is 21. The first-order valence-corrected chi connectivity index (χ1v) is 18.8. The number of hydrogen-bond donors (Lipinski definition) is 3. The average Bonchev–Trinajstić information content (AvgIpc) is 3.18. The number of carbonyl (C=O) groups is 1. The van der Waals surface area contributed by atoms with Gasteiger partial charge >= 0.3 is 5.97 Å². The molecule has 7 nitrogen and oxygen atoms in total. The van der Waals surface area contributed by atoms with Crippen LogP contribution >= 0.6 is 23.2 Å². The third-order valence-corrected chi connectivity index (χ3v) is 9.84. The van der Waals surface area contributed by atoms with E-state index in [0.717, 1.165) is 53.5 Å². The van der Waals surface area contributed by atoms with Crippen molar-refractivity contribution >= 4 is 29.2 Å². The highest BCUT2D eigenvalue weighted by molar-refractivity contribution is 6.35. The average molecular weight is 757 g/mol. The molecule has 0 bridgehead atoms. The Labute approximate surface area is 322 Å². The summed E-state index contributed by atoms with van der Waals surface area (Å²) in [5.74, 6) is -0.212. The van der Waals surface area contributed by atoms with E-state index in [1.807, 2.05) is 97.1 Å². The van der Waals surface area contributed by atoms with Crippen molar-refractivity contribution in [2.24, 2.45) is 0 Å². The fraction of sp³-hybridized carbons (Fsp3) is 0.295. The Morgan fingerprint density at radius 2 is 1.25 bits per heavy atom. The van der Waals surface area contributed by atoms with Crippen LogP contribution in [0.15, 0.2) is 127 Å². The summed E-state index contributed by atoms with van der Waals surface area (Å²) in [6.45, 7) is 2.33. The second kappa shape index (κ2) is 21.0. The van der Waals surface area contributed by atoms with Crippen molar-refractivity contribution in [2.45, 2.75) is 57.0 Å². The molecule has 0 aliphatic heterocycles. The van der Waals surface area contributed by atoms with Gasteiger partial charge in [0, 0.05) is 34.2 Å². The molecule has 5 rings (SSSR count). The SMILES string of the molecule is O=C(Oc1ccc(CC(O)NCCCCCCOCCOCc2c(Cl)cccc2Cl)cc1CO)C(c1ccccc1)(c1ccccc1)c1ccccc1. The summed E-state index contributed by atoms with van der Waals surface area (Å²) in [7, 11) is 0. The molecule has 3 N–H and O–H groups in total. The second-order valence-electron chi connectivity index (χ2n) is 12.8. The molecule has 1 atom stereocenters. The van der Waals surface area contributed by atoms with Crippen molar-refractivity contribution in [3.8, 4) is 5.75 Å². The zero-order valence-corrected chi connectivity index (χ0v) is 31.3. The van der Waals surface area contributed by atoms with E-state index < -0.39 is 17.6 Å². The Kier molecular flexibility index (Phi) is 15.9. The molecule has 0 radical (unpaired) electrons. The number of carbonyl (C=O) groups excluding carboxylic acids is 1. The standard InChI is InChI=1S/C44H47Cl2NO6/c45-39-21-14-22-40(46)38(39)32-52-28-27-51-26-13-2-1-12-25-47-42(49)30-33-23-24-41(34(29-33)31-48)53-43(50)44(35-15-6-3-7-16-35,36-17-8-4-9-18-36)37-19-10-5-11-20-37/h3-11,14-24,29,42,47-49H,1-2,12-13,25-28,30-32H2. The number of aliphatic hydroxyl groups is 2. The fourth-order valence-corrected chi connectivity index (χ4v) is 6.90. The van der Waals surface area contributed by atoms with Crippen LogP contribution in [0.5, 0.6) is 5.75 Å². The molecule has 0 saturated heterocycles. The van der Waals surface area contributed by atoms with Crippen LogP contribution in [-0.2, 0) is 39.3 Å². The minimum Gasteiger partial charge on any atom is -0.425 e. The van der Waals surface area contributed by atoms with E-state index in [9.17, 15) is 15.0 Å². The maximum absolute atomic E-state index is 14.5. The predicted octanol–water partition coefficient (Wildman–Crippen LogP) is 8.67. The largest absolute Gasteiger partial charge is 0.425 e. The number of benzene rings is 5. The lowest BCUT2D eigenvalue weighted by atomic mass is 9.69. The van der Waals surface area contributed by atoms with Gasteiger partial charge in [0.15, 0.2) is 0 Å². The smallest absolute Gasteiger partial charge is 0.331 e. The maximum atomic E-state index is 14.5. The topological polar surface area (TPSA) is 97.3 Å². The van der Waals surface area contributed by atoms with Crippen LogP contribution < -0.4 is 10.1 Å². The van der Waals surface area contributed by atoms with Crippen molar-refractivity contribution in [3.63, 3.8) is 0 Å². The number of halogens is 2. The molecule has 0 aliphatic rings. The lowest BCUT2D eigenvalue weighted by Gasteiger charge is -2.33. The maximum Gasteiger partial charge on any atom is 0.331 e. The van der Waals surface area contributed by atoms with Gasteiger partial charge in [-0.1, -0.05) is 139 Å². The van der Waals surface area contributed by atoms with Crippen molar-refractivity contribution in [1.29, 1.82) is 0 Å². The number of esters is 1. The van der Waals surface area contributed by atoms with Gasteiger partial charge in [-0.2, -0.15) is 0 Å². The number of hydrogen-bond acceptors (Lipinski definition) is 7. The first kappa shape index (κ1) is 40.1. The molecule has 5 aromatic carbocycles. The van der Waals surface area contributed by atoms with Gasteiger partial charge in [-0.25, -0.2) is 4.79 Å². The zero-order chi connectivity index (χ0) is 37.3. The lowest BCUT2D eigenvalue weighted by Crippen LogP contribution is -2.41. The molecule has 278 valence electrons. The summed E-state index contributed by atoms with van der Waals surface area (Å²) in [6, 6.07) is 39.5. The molecule has 0 amide bonds. The molecule has 0 saturated carbocycles. The van der Waals surface area contributed by atoms with Gasteiger partial charge in [0.1, 0.15) is 17.4 Å². The summed E-state index contributed by atoms with van der Waals surface area (Å²) >= 11 is 12.3. The Morgan fingerprint density at radius 1 is 0.679 bits per heavy atom. The van der Waals surface area contributed by atoms with Crippen molar-refractivity contribution < 1.29 is 29.2 Å².